The summed E-state index contributed by atoms with van der Waals surface area (Å²) in [6, 6.07) is 12.9. The summed E-state index contributed by atoms with van der Waals surface area (Å²) in [6.45, 7) is 0.284. The largest absolute Gasteiger partial charge is 0.486 e. The van der Waals surface area contributed by atoms with Crippen LogP contribution in [0.15, 0.2) is 52.0 Å². The number of benzene rings is 1. The molecule has 0 unspecified atom stereocenters. The molecule has 1 fully saturated rings. The Morgan fingerprint density at radius 1 is 1.04 bits per heavy atom. The fourth-order valence-corrected chi connectivity index (χ4v) is 2.68. The Hall–Kier alpha value is -2.56. The second-order valence-electron chi connectivity index (χ2n) is 5.90. The van der Waals surface area contributed by atoms with Crippen LogP contribution >= 0.6 is 0 Å². The number of carbonyl (C=O) groups excluding carboxylic acids is 1. The molecule has 126 valence electrons. The second kappa shape index (κ2) is 8.34. The molecule has 24 heavy (non-hydrogen) atoms. The summed E-state index contributed by atoms with van der Waals surface area (Å²) in [5.41, 5.74) is 3.67. The van der Waals surface area contributed by atoms with E-state index in [2.05, 4.69) is 10.5 Å². The number of ether oxygens (including phenoxy) is 1. The summed E-state index contributed by atoms with van der Waals surface area (Å²) in [6.07, 6.45) is 6.72. The zero-order valence-corrected chi connectivity index (χ0v) is 13.7. The van der Waals surface area contributed by atoms with Gasteiger partial charge in [0.1, 0.15) is 18.1 Å². The minimum Gasteiger partial charge on any atom is -0.486 e. The maximum absolute atomic E-state index is 12.1. The lowest BCUT2D eigenvalue weighted by Gasteiger charge is -2.03. The van der Waals surface area contributed by atoms with Crippen molar-refractivity contribution < 1.29 is 13.9 Å². The van der Waals surface area contributed by atoms with E-state index in [-0.39, 0.29) is 18.3 Å². The van der Waals surface area contributed by atoms with Gasteiger partial charge in [-0.05, 0) is 49.9 Å². The highest BCUT2D eigenvalue weighted by molar-refractivity contribution is 5.93. The number of para-hydroxylation sites is 1. The molecule has 0 spiro atoms. The van der Waals surface area contributed by atoms with Crippen LogP contribution < -0.4 is 10.2 Å². The average molecular weight is 326 g/mol. The molecule has 3 rings (SSSR count). The smallest absolute Gasteiger partial charge is 0.307 e. The lowest BCUT2D eigenvalue weighted by molar-refractivity contribution is 0.0923. The third kappa shape index (κ3) is 4.72. The van der Waals surface area contributed by atoms with Crippen molar-refractivity contribution in [2.75, 3.05) is 0 Å². The lowest BCUT2D eigenvalue weighted by atomic mass is 10.2. The van der Waals surface area contributed by atoms with Crippen LogP contribution in [0, 0.1) is 0 Å². The molecular weight excluding hydrogens is 304 g/mol. The van der Waals surface area contributed by atoms with Crippen LogP contribution in [0.1, 0.15) is 54.8 Å². The zero-order valence-electron chi connectivity index (χ0n) is 13.7. The van der Waals surface area contributed by atoms with Crippen LogP contribution in [0.4, 0.5) is 0 Å². The van der Waals surface area contributed by atoms with Gasteiger partial charge in [-0.15, -0.1) is 0 Å². The number of amides is 1. The Morgan fingerprint density at radius 2 is 1.79 bits per heavy atom. The third-order valence-corrected chi connectivity index (χ3v) is 4.01. The van der Waals surface area contributed by atoms with Gasteiger partial charge in [0.05, 0.1) is 0 Å². The van der Waals surface area contributed by atoms with E-state index in [0.29, 0.717) is 5.76 Å². The zero-order chi connectivity index (χ0) is 16.6. The van der Waals surface area contributed by atoms with Crippen LogP contribution in [-0.4, -0.2) is 11.6 Å². The first-order chi connectivity index (χ1) is 11.8. The van der Waals surface area contributed by atoms with E-state index in [1.807, 2.05) is 30.3 Å². The van der Waals surface area contributed by atoms with Crippen LogP contribution in [0.25, 0.3) is 0 Å². The van der Waals surface area contributed by atoms with Crippen molar-refractivity contribution in [1.82, 2.24) is 5.43 Å². The van der Waals surface area contributed by atoms with E-state index in [1.165, 1.54) is 12.8 Å². The standard InChI is InChI=1S/C19H22N2O3/c22-19(21-20-15-8-4-1-2-5-9-15)18-13-12-17(24-18)14-23-16-10-6-3-7-11-16/h3,6-7,10-13H,1-2,4-5,8-9,14H2,(H,21,22). The molecule has 1 saturated carbocycles. The fourth-order valence-electron chi connectivity index (χ4n) is 2.68. The number of rotatable bonds is 5. The highest BCUT2D eigenvalue weighted by Crippen LogP contribution is 2.15. The molecule has 1 aliphatic rings. The van der Waals surface area contributed by atoms with Crippen molar-refractivity contribution in [3.63, 3.8) is 0 Å². The Labute approximate surface area is 141 Å². The summed E-state index contributed by atoms with van der Waals surface area (Å²) in [5, 5.41) is 4.25. The van der Waals surface area contributed by atoms with Gasteiger partial charge >= 0.3 is 5.91 Å². The van der Waals surface area contributed by atoms with Gasteiger partial charge < -0.3 is 9.15 Å². The molecule has 1 amide bonds. The van der Waals surface area contributed by atoms with E-state index < -0.39 is 0 Å². The molecule has 1 aromatic carbocycles. The van der Waals surface area contributed by atoms with Crippen LogP contribution in [0.3, 0.4) is 0 Å². The molecule has 0 atom stereocenters. The normalized spacial score (nSPS) is 14.8. The number of hydrogen-bond donors (Lipinski definition) is 1. The monoisotopic (exact) mass is 326 g/mol. The Kier molecular flexibility index (Phi) is 5.66. The molecule has 0 bridgehead atoms. The van der Waals surface area contributed by atoms with Gasteiger partial charge in [-0.25, -0.2) is 5.43 Å². The predicted molar refractivity (Wildman–Crippen MR) is 92.1 cm³/mol. The van der Waals surface area contributed by atoms with Gasteiger partial charge in [0, 0.05) is 5.71 Å². The minimum atomic E-state index is -0.322. The second-order valence-corrected chi connectivity index (χ2v) is 5.90. The summed E-state index contributed by atoms with van der Waals surface area (Å²) >= 11 is 0. The Morgan fingerprint density at radius 3 is 2.54 bits per heavy atom. The molecule has 1 heterocycles. The molecular formula is C19H22N2O3. The van der Waals surface area contributed by atoms with Crippen LogP contribution in [-0.2, 0) is 6.61 Å². The molecule has 5 heteroatoms. The maximum Gasteiger partial charge on any atom is 0.307 e. The number of furan rings is 1. The highest BCUT2D eigenvalue weighted by Gasteiger charge is 2.12. The fraction of sp³-hybridized carbons (Fsp3) is 0.368. The first-order valence-corrected chi connectivity index (χ1v) is 8.43. The third-order valence-electron chi connectivity index (χ3n) is 4.01. The first-order valence-electron chi connectivity index (χ1n) is 8.43. The SMILES string of the molecule is O=C(NN=C1CCCCCC1)c1ccc(COc2ccccc2)o1. The van der Waals surface area contributed by atoms with Crippen LogP contribution in [0.2, 0.25) is 0 Å². The number of nitrogens with one attached hydrogen (secondary N) is 1. The van der Waals surface area contributed by atoms with Crippen molar-refractivity contribution in [3.8, 4) is 5.75 Å². The van der Waals surface area contributed by atoms with Crippen molar-refractivity contribution in [1.29, 1.82) is 0 Å². The molecule has 1 aromatic heterocycles. The number of nitrogens with zero attached hydrogens (tertiary/aromatic N) is 1. The van der Waals surface area contributed by atoms with Gasteiger partial charge in [0.25, 0.3) is 0 Å². The van der Waals surface area contributed by atoms with Gasteiger partial charge in [-0.1, -0.05) is 31.0 Å². The number of hydrogen-bond acceptors (Lipinski definition) is 4. The minimum absolute atomic E-state index is 0.250. The number of hydrazone groups is 1. The Balaban J connectivity index is 1.52. The molecule has 5 nitrogen and oxygen atoms in total. The maximum atomic E-state index is 12.1. The molecule has 1 aliphatic carbocycles. The molecule has 1 N–H and O–H groups in total. The molecule has 0 aliphatic heterocycles. The van der Waals surface area contributed by atoms with Gasteiger partial charge in [0.15, 0.2) is 5.76 Å². The quantitative estimate of drug-likeness (QED) is 0.658. The van der Waals surface area contributed by atoms with Crippen LogP contribution in [0.5, 0.6) is 5.75 Å². The summed E-state index contributed by atoms with van der Waals surface area (Å²) in [4.78, 5) is 12.1. The summed E-state index contributed by atoms with van der Waals surface area (Å²) in [7, 11) is 0. The summed E-state index contributed by atoms with van der Waals surface area (Å²) < 4.78 is 11.1. The van der Waals surface area contributed by atoms with Crippen molar-refractivity contribution in [2.24, 2.45) is 5.10 Å². The summed E-state index contributed by atoms with van der Waals surface area (Å²) in [5.74, 6) is 1.29. The molecule has 2 aromatic rings. The van der Waals surface area contributed by atoms with E-state index in [4.69, 9.17) is 9.15 Å². The van der Waals surface area contributed by atoms with Gasteiger partial charge in [0.2, 0.25) is 0 Å². The molecule has 0 saturated heterocycles. The van der Waals surface area contributed by atoms with E-state index in [1.54, 1.807) is 12.1 Å². The van der Waals surface area contributed by atoms with Crippen molar-refractivity contribution in [3.05, 3.63) is 54.0 Å². The topological polar surface area (TPSA) is 63.8 Å². The van der Waals surface area contributed by atoms with Gasteiger partial charge in [-0.3, -0.25) is 4.79 Å². The average Bonchev–Trinajstić information content (AvgIpc) is 2.94. The predicted octanol–water partition coefficient (Wildman–Crippen LogP) is 4.30. The first kappa shape index (κ1) is 16.3. The number of carbonyl (C=O) groups is 1. The lowest BCUT2D eigenvalue weighted by Crippen LogP contribution is -2.19. The van der Waals surface area contributed by atoms with E-state index in [0.717, 1.165) is 37.1 Å². The Bertz CT molecular complexity index is 682. The van der Waals surface area contributed by atoms with Crippen molar-refractivity contribution >= 4 is 11.6 Å². The highest BCUT2D eigenvalue weighted by atomic mass is 16.5. The van der Waals surface area contributed by atoms with E-state index >= 15 is 0 Å². The van der Waals surface area contributed by atoms with Crippen molar-refractivity contribution in [2.45, 2.75) is 45.1 Å². The van der Waals surface area contributed by atoms with E-state index in [9.17, 15) is 4.79 Å². The molecule has 0 radical (unpaired) electrons. The van der Waals surface area contributed by atoms with Gasteiger partial charge in [-0.2, -0.15) is 5.10 Å².